The van der Waals surface area contributed by atoms with Gasteiger partial charge in [-0.25, -0.2) is 4.98 Å². The second-order valence-corrected chi connectivity index (χ2v) is 6.77. The number of aromatic nitrogens is 1. The number of rotatable bonds is 3. The highest BCUT2D eigenvalue weighted by Gasteiger charge is 2.12. The summed E-state index contributed by atoms with van der Waals surface area (Å²) in [5.74, 6) is 0.243. The largest absolute Gasteiger partial charge is 0.508 e. The van der Waals surface area contributed by atoms with Crippen molar-refractivity contribution in [3.05, 3.63) is 47.0 Å². The molecule has 128 valence electrons. The molecular weight excluding hydrogens is 382 g/mol. The number of nitrogens with one attached hydrogen (secondary N) is 2. The smallest absolute Gasteiger partial charge is 0.257 e. The van der Waals surface area contributed by atoms with Crippen LogP contribution in [0, 0.1) is 0 Å². The van der Waals surface area contributed by atoms with E-state index in [9.17, 15) is 9.90 Å². The molecule has 0 radical (unpaired) electrons. The van der Waals surface area contributed by atoms with Crippen LogP contribution in [0.3, 0.4) is 0 Å². The molecule has 3 N–H and O–H groups in total. The van der Waals surface area contributed by atoms with Gasteiger partial charge in [0.15, 0.2) is 10.2 Å². The number of thiocarbonyl (C=S) groups is 1. The van der Waals surface area contributed by atoms with E-state index in [4.69, 9.17) is 28.6 Å². The Kier molecular flexibility index (Phi) is 5.03. The lowest BCUT2D eigenvalue weighted by Gasteiger charge is -2.08. The van der Waals surface area contributed by atoms with Crippen molar-refractivity contribution in [2.24, 2.45) is 0 Å². The number of hydrogen-bond acceptors (Lipinski definition) is 6. The van der Waals surface area contributed by atoms with Crippen LogP contribution in [-0.4, -0.2) is 28.2 Å². The predicted octanol–water partition coefficient (Wildman–Crippen LogP) is 3.79. The minimum absolute atomic E-state index is 0.111. The zero-order valence-corrected chi connectivity index (χ0v) is 15.3. The van der Waals surface area contributed by atoms with Crippen molar-refractivity contribution >= 4 is 61.5 Å². The molecule has 0 saturated carbocycles. The van der Waals surface area contributed by atoms with Crippen LogP contribution in [0.2, 0.25) is 5.02 Å². The van der Waals surface area contributed by atoms with Crippen LogP contribution >= 0.6 is 35.2 Å². The van der Waals surface area contributed by atoms with Gasteiger partial charge in [-0.3, -0.25) is 10.1 Å². The summed E-state index contributed by atoms with van der Waals surface area (Å²) in [6, 6.07) is 9.56. The maximum absolute atomic E-state index is 12.2. The van der Waals surface area contributed by atoms with Crippen molar-refractivity contribution in [3.63, 3.8) is 0 Å². The van der Waals surface area contributed by atoms with Gasteiger partial charge in [0.2, 0.25) is 0 Å². The third-order valence-electron chi connectivity index (χ3n) is 3.23. The molecule has 0 aliphatic rings. The molecule has 9 heteroatoms. The summed E-state index contributed by atoms with van der Waals surface area (Å²) in [6.07, 6.45) is 0. The Morgan fingerprint density at radius 2 is 2.12 bits per heavy atom. The summed E-state index contributed by atoms with van der Waals surface area (Å²) in [7, 11) is 1.50. The molecule has 25 heavy (non-hydrogen) atoms. The van der Waals surface area contributed by atoms with E-state index in [1.807, 2.05) is 0 Å². The SMILES string of the molecule is COc1ccc(C(=O)NC(=S)Nc2nc3ccc(O)cc3s2)cc1Cl. The van der Waals surface area contributed by atoms with E-state index in [1.54, 1.807) is 30.3 Å². The number of carbonyl (C=O) groups excluding carboxylic acids is 1. The van der Waals surface area contributed by atoms with Crippen molar-refractivity contribution in [3.8, 4) is 11.5 Å². The van der Waals surface area contributed by atoms with Gasteiger partial charge in [-0.1, -0.05) is 22.9 Å². The van der Waals surface area contributed by atoms with Crippen LogP contribution in [0.15, 0.2) is 36.4 Å². The number of aromatic hydroxyl groups is 1. The Morgan fingerprint density at radius 3 is 2.84 bits per heavy atom. The number of fused-ring (bicyclic) bond motifs is 1. The van der Waals surface area contributed by atoms with Gasteiger partial charge in [-0.05, 0) is 48.6 Å². The van der Waals surface area contributed by atoms with Gasteiger partial charge in [-0.2, -0.15) is 0 Å². The molecule has 0 aliphatic heterocycles. The summed E-state index contributed by atoms with van der Waals surface area (Å²) in [5, 5.41) is 15.9. The highest BCUT2D eigenvalue weighted by molar-refractivity contribution is 7.80. The fourth-order valence-electron chi connectivity index (χ4n) is 2.08. The topological polar surface area (TPSA) is 83.5 Å². The molecule has 1 heterocycles. The number of phenols is 1. The summed E-state index contributed by atoms with van der Waals surface area (Å²) < 4.78 is 5.85. The Bertz CT molecular complexity index is 974. The first-order valence-corrected chi connectivity index (χ1v) is 8.62. The molecule has 0 spiro atoms. The van der Waals surface area contributed by atoms with Crippen LogP contribution in [0.5, 0.6) is 11.5 Å². The second kappa shape index (κ2) is 7.22. The lowest BCUT2D eigenvalue weighted by Crippen LogP contribution is -2.34. The average Bonchev–Trinajstić information content (AvgIpc) is 2.95. The lowest BCUT2D eigenvalue weighted by atomic mass is 10.2. The summed E-state index contributed by atoms with van der Waals surface area (Å²) in [5.41, 5.74) is 1.07. The van der Waals surface area contributed by atoms with E-state index in [2.05, 4.69) is 15.6 Å². The third kappa shape index (κ3) is 3.98. The maximum Gasteiger partial charge on any atom is 0.257 e. The number of nitrogens with zero attached hydrogens (tertiary/aromatic N) is 1. The van der Waals surface area contributed by atoms with Crippen LogP contribution in [0.25, 0.3) is 10.2 Å². The normalized spacial score (nSPS) is 10.5. The van der Waals surface area contributed by atoms with Crippen molar-refractivity contribution in [1.29, 1.82) is 0 Å². The molecule has 3 aromatic rings. The molecular formula is C16H12ClN3O3S2. The van der Waals surface area contributed by atoms with Crippen molar-refractivity contribution in [1.82, 2.24) is 10.3 Å². The number of hydrogen-bond donors (Lipinski definition) is 3. The number of amides is 1. The molecule has 1 aromatic heterocycles. The fraction of sp³-hybridized carbons (Fsp3) is 0.0625. The molecule has 0 atom stereocenters. The molecule has 0 unspecified atom stereocenters. The van der Waals surface area contributed by atoms with Gasteiger partial charge in [0.05, 0.1) is 22.3 Å². The quantitative estimate of drug-likeness (QED) is 0.587. The van der Waals surface area contributed by atoms with E-state index < -0.39 is 5.91 Å². The summed E-state index contributed by atoms with van der Waals surface area (Å²) >= 11 is 12.5. The predicted molar refractivity (Wildman–Crippen MR) is 103 cm³/mol. The minimum Gasteiger partial charge on any atom is -0.508 e. The van der Waals surface area contributed by atoms with E-state index in [0.29, 0.717) is 21.5 Å². The molecule has 2 aromatic carbocycles. The van der Waals surface area contributed by atoms with Crippen LogP contribution in [-0.2, 0) is 0 Å². The summed E-state index contributed by atoms with van der Waals surface area (Å²) in [4.78, 5) is 16.6. The van der Waals surface area contributed by atoms with Crippen LogP contribution < -0.4 is 15.4 Å². The average molecular weight is 394 g/mol. The number of carbonyl (C=O) groups is 1. The van der Waals surface area contributed by atoms with E-state index in [1.165, 1.54) is 24.5 Å². The van der Waals surface area contributed by atoms with Crippen LogP contribution in [0.4, 0.5) is 5.13 Å². The first-order chi connectivity index (χ1) is 12.0. The van der Waals surface area contributed by atoms with Crippen molar-refractivity contribution in [2.45, 2.75) is 0 Å². The van der Waals surface area contributed by atoms with Gasteiger partial charge in [0, 0.05) is 5.56 Å². The third-order valence-corrected chi connectivity index (χ3v) is 4.67. The van der Waals surface area contributed by atoms with E-state index in [0.717, 1.165) is 10.2 Å². The molecule has 0 saturated heterocycles. The molecule has 0 fully saturated rings. The minimum atomic E-state index is -0.402. The Morgan fingerprint density at radius 1 is 1.32 bits per heavy atom. The number of thiazole rings is 1. The first kappa shape index (κ1) is 17.4. The van der Waals surface area contributed by atoms with E-state index >= 15 is 0 Å². The second-order valence-electron chi connectivity index (χ2n) is 4.93. The number of halogens is 1. The Labute approximate surface area is 157 Å². The summed E-state index contributed by atoms with van der Waals surface area (Å²) in [6.45, 7) is 0. The number of methoxy groups -OCH3 is 1. The van der Waals surface area contributed by atoms with Crippen LogP contribution in [0.1, 0.15) is 10.4 Å². The molecule has 3 rings (SSSR count). The van der Waals surface area contributed by atoms with Crippen molar-refractivity contribution in [2.75, 3.05) is 12.4 Å². The maximum atomic E-state index is 12.2. The molecule has 0 aliphatic carbocycles. The van der Waals surface area contributed by atoms with Gasteiger partial charge in [0.25, 0.3) is 5.91 Å². The highest BCUT2D eigenvalue weighted by atomic mass is 35.5. The zero-order valence-electron chi connectivity index (χ0n) is 12.9. The first-order valence-electron chi connectivity index (χ1n) is 7.01. The Balaban J connectivity index is 1.68. The van der Waals surface area contributed by atoms with Gasteiger partial charge in [-0.15, -0.1) is 0 Å². The monoisotopic (exact) mass is 393 g/mol. The Hall–Kier alpha value is -2.42. The fourth-order valence-corrected chi connectivity index (χ4v) is 3.49. The van der Waals surface area contributed by atoms with Gasteiger partial charge < -0.3 is 15.2 Å². The van der Waals surface area contributed by atoms with Gasteiger partial charge >= 0.3 is 0 Å². The number of benzene rings is 2. The standard InChI is InChI=1S/C16H12ClN3O3S2/c1-23-12-5-2-8(6-10(12)17)14(22)19-15(24)20-16-18-11-4-3-9(21)7-13(11)25-16/h2-7,21H,1H3,(H2,18,19,20,22,24). The molecule has 6 nitrogen and oxygen atoms in total. The molecule has 0 bridgehead atoms. The number of phenolic OH excluding ortho intramolecular Hbond substituents is 1. The van der Waals surface area contributed by atoms with Crippen molar-refractivity contribution < 1.29 is 14.6 Å². The number of ether oxygens (including phenoxy) is 1. The lowest BCUT2D eigenvalue weighted by molar-refractivity contribution is 0.0977. The molecule has 1 amide bonds. The zero-order chi connectivity index (χ0) is 18.0. The van der Waals surface area contributed by atoms with Gasteiger partial charge in [0.1, 0.15) is 11.5 Å². The highest BCUT2D eigenvalue weighted by Crippen LogP contribution is 2.28. The van der Waals surface area contributed by atoms with E-state index in [-0.39, 0.29) is 10.9 Å². The number of anilines is 1.